The summed E-state index contributed by atoms with van der Waals surface area (Å²) in [6, 6.07) is 15.4. The number of imidazole rings is 1. The fourth-order valence-corrected chi connectivity index (χ4v) is 5.88. The van der Waals surface area contributed by atoms with Crippen molar-refractivity contribution in [1.82, 2.24) is 19.8 Å². The Labute approximate surface area is 265 Å². The van der Waals surface area contributed by atoms with Crippen molar-refractivity contribution >= 4 is 23.8 Å². The molecule has 0 unspecified atom stereocenters. The van der Waals surface area contributed by atoms with Gasteiger partial charge in [-0.15, -0.1) is 0 Å². The van der Waals surface area contributed by atoms with E-state index in [1.807, 2.05) is 84.1 Å². The number of aromatic amines is 1. The smallest absolute Gasteiger partial charge is 0.410 e. The molecule has 0 spiro atoms. The molecule has 2 fully saturated rings. The van der Waals surface area contributed by atoms with Crippen molar-refractivity contribution < 1.29 is 23.9 Å². The Balaban J connectivity index is 1.23. The summed E-state index contributed by atoms with van der Waals surface area (Å²) in [6.45, 7) is 12.3. The fraction of sp³-hybridized carbons (Fsp3) is 0.486. The molecule has 3 amide bonds. The Bertz CT molecular complexity index is 1520. The molecule has 0 bridgehead atoms. The number of aromatic nitrogens is 2. The summed E-state index contributed by atoms with van der Waals surface area (Å²) in [5.41, 5.74) is 3.53. The van der Waals surface area contributed by atoms with E-state index in [4.69, 9.17) is 9.47 Å². The third-order valence-corrected chi connectivity index (χ3v) is 8.07. The number of hydrogen-bond donors (Lipinski definition) is 1. The van der Waals surface area contributed by atoms with Crippen LogP contribution >= 0.6 is 0 Å². The predicted molar refractivity (Wildman–Crippen MR) is 174 cm³/mol. The van der Waals surface area contributed by atoms with Crippen LogP contribution < -0.4 is 4.90 Å². The van der Waals surface area contributed by atoms with Crippen LogP contribution in [0.3, 0.4) is 0 Å². The lowest BCUT2D eigenvalue weighted by molar-refractivity contribution is -0.122. The number of likely N-dealkylation sites (tertiary alicyclic amines) is 2. The second kappa shape index (κ2) is 12.6. The fourth-order valence-electron chi connectivity index (χ4n) is 5.88. The van der Waals surface area contributed by atoms with Crippen LogP contribution in [0.1, 0.15) is 79.1 Å². The molecule has 5 rings (SSSR count). The number of anilines is 1. The number of carbonyl (C=O) groups excluding carboxylic acids is 3. The number of H-pyrrole nitrogens is 1. The van der Waals surface area contributed by atoms with Crippen molar-refractivity contribution in [2.24, 2.45) is 0 Å². The SMILES string of the molecule is CN(C(=O)[C@@H]1CCCN1C(=O)OC(C)(C)C)c1ccc(-c2ccc(-c3cnc([C@@H]4CCCN4C(=O)OC(C)(C)C)[nH]3)cc2)cc1. The van der Waals surface area contributed by atoms with Gasteiger partial charge in [-0.2, -0.15) is 0 Å². The average molecular weight is 616 g/mol. The zero-order valence-corrected chi connectivity index (χ0v) is 27.4. The molecule has 3 aromatic rings. The predicted octanol–water partition coefficient (Wildman–Crippen LogP) is 7.18. The molecule has 0 saturated carbocycles. The van der Waals surface area contributed by atoms with Crippen LogP contribution in [-0.4, -0.2) is 75.2 Å². The lowest BCUT2D eigenvalue weighted by Crippen LogP contribution is -2.48. The van der Waals surface area contributed by atoms with Gasteiger partial charge in [-0.05, 0) is 96.0 Å². The molecule has 10 nitrogen and oxygen atoms in total. The molecule has 2 aliphatic rings. The molecule has 2 aliphatic heterocycles. The van der Waals surface area contributed by atoms with Crippen molar-refractivity contribution in [3.8, 4) is 22.4 Å². The lowest BCUT2D eigenvalue weighted by atomic mass is 10.0. The summed E-state index contributed by atoms with van der Waals surface area (Å²) < 4.78 is 11.1. The lowest BCUT2D eigenvalue weighted by Gasteiger charge is -2.30. The van der Waals surface area contributed by atoms with Crippen molar-refractivity contribution in [2.45, 2.75) is 90.5 Å². The third kappa shape index (κ3) is 7.49. The van der Waals surface area contributed by atoms with E-state index in [-0.39, 0.29) is 18.0 Å². The normalized spacial score (nSPS) is 18.6. The molecule has 10 heteroatoms. The van der Waals surface area contributed by atoms with Crippen LogP contribution in [0.4, 0.5) is 15.3 Å². The van der Waals surface area contributed by atoms with E-state index in [1.165, 1.54) is 0 Å². The largest absolute Gasteiger partial charge is 0.444 e. The van der Waals surface area contributed by atoms with Crippen LogP contribution in [0.15, 0.2) is 54.7 Å². The van der Waals surface area contributed by atoms with Gasteiger partial charge in [-0.1, -0.05) is 36.4 Å². The van der Waals surface area contributed by atoms with Crippen molar-refractivity contribution in [3.05, 3.63) is 60.6 Å². The number of benzene rings is 2. The van der Waals surface area contributed by atoms with Crippen LogP contribution in [0.5, 0.6) is 0 Å². The highest BCUT2D eigenvalue weighted by Gasteiger charge is 2.38. The van der Waals surface area contributed by atoms with E-state index >= 15 is 0 Å². The summed E-state index contributed by atoms with van der Waals surface area (Å²) in [4.78, 5) is 51.8. The number of likely N-dealkylation sites (N-methyl/N-ethyl adjacent to an activating group) is 1. The maximum atomic E-state index is 13.4. The summed E-state index contributed by atoms with van der Waals surface area (Å²) in [6.07, 6.45) is 4.18. The summed E-state index contributed by atoms with van der Waals surface area (Å²) >= 11 is 0. The van der Waals surface area contributed by atoms with Crippen molar-refractivity contribution in [2.75, 3.05) is 25.0 Å². The Morgan fingerprint density at radius 1 is 0.778 bits per heavy atom. The molecular formula is C35H45N5O5. The zero-order valence-electron chi connectivity index (χ0n) is 27.4. The van der Waals surface area contributed by atoms with E-state index in [0.717, 1.165) is 53.2 Å². The Morgan fingerprint density at radius 3 is 1.89 bits per heavy atom. The average Bonchev–Trinajstić information content (AvgIpc) is 3.75. The molecule has 2 atom stereocenters. The van der Waals surface area contributed by atoms with Gasteiger partial charge in [0, 0.05) is 25.8 Å². The highest BCUT2D eigenvalue weighted by molar-refractivity contribution is 5.98. The second-order valence-corrected chi connectivity index (χ2v) is 13.9. The van der Waals surface area contributed by atoms with Gasteiger partial charge in [0.15, 0.2) is 0 Å². The monoisotopic (exact) mass is 615 g/mol. The molecule has 1 N–H and O–H groups in total. The summed E-state index contributed by atoms with van der Waals surface area (Å²) in [5, 5.41) is 0. The number of ether oxygens (including phenoxy) is 2. The molecule has 3 heterocycles. The summed E-state index contributed by atoms with van der Waals surface area (Å²) in [7, 11) is 1.74. The minimum absolute atomic E-state index is 0.124. The Kier molecular flexibility index (Phi) is 8.96. The molecule has 45 heavy (non-hydrogen) atoms. The van der Waals surface area contributed by atoms with Gasteiger partial charge in [-0.25, -0.2) is 14.6 Å². The van der Waals surface area contributed by atoms with Crippen molar-refractivity contribution in [1.29, 1.82) is 0 Å². The number of rotatable bonds is 5. The standard InChI is InChI=1S/C35H45N5O5/c1-34(2,3)44-32(42)39-20-8-10-28(39)30-36-22-27(37-30)25-14-12-23(13-15-25)24-16-18-26(19-17-24)38(7)31(41)29-11-9-21-40(29)33(43)45-35(4,5)6/h12-19,22,28-29H,8-11,20-21H2,1-7H3,(H,36,37)/t28-,29-/m0/s1. The molecule has 2 aromatic carbocycles. The van der Waals surface area contributed by atoms with Crippen molar-refractivity contribution in [3.63, 3.8) is 0 Å². The maximum absolute atomic E-state index is 13.4. The zero-order chi connectivity index (χ0) is 32.5. The van der Waals surface area contributed by atoms with Gasteiger partial charge in [0.2, 0.25) is 5.91 Å². The molecule has 0 radical (unpaired) electrons. The Hall–Kier alpha value is -4.34. The number of hydrogen-bond acceptors (Lipinski definition) is 6. The second-order valence-electron chi connectivity index (χ2n) is 13.9. The minimum Gasteiger partial charge on any atom is -0.444 e. The number of nitrogens with one attached hydrogen (secondary N) is 1. The maximum Gasteiger partial charge on any atom is 0.410 e. The number of amides is 3. The minimum atomic E-state index is -0.616. The van der Waals surface area contributed by atoms with Crippen LogP contribution in [0.25, 0.3) is 22.4 Å². The summed E-state index contributed by atoms with van der Waals surface area (Å²) in [5.74, 6) is 0.639. The van der Waals surface area contributed by atoms with Gasteiger partial charge in [-0.3, -0.25) is 14.6 Å². The molecule has 2 saturated heterocycles. The third-order valence-electron chi connectivity index (χ3n) is 8.07. The molecule has 240 valence electrons. The van der Waals surface area contributed by atoms with Gasteiger partial charge >= 0.3 is 12.2 Å². The first kappa shape index (κ1) is 32.1. The quantitative estimate of drug-likeness (QED) is 0.326. The van der Waals surface area contributed by atoms with E-state index in [2.05, 4.69) is 22.1 Å². The Morgan fingerprint density at radius 2 is 1.29 bits per heavy atom. The van der Waals surface area contributed by atoms with Crippen LogP contribution in [0, 0.1) is 0 Å². The first-order chi connectivity index (χ1) is 21.2. The van der Waals surface area contributed by atoms with Gasteiger partial charge < -0.3 is 19.4 Å². The van der Waals surface area contributed by atoms with Crippen LogP contribution in [-0.2, 0) is 14.3 Å². The number of carbonyl (C=O) groups is 3. The van der Waals surface area contributed by atoms with Gasteiger partial charge in [0.1, 0.15) is 23.1 Å². The first-order valence-electron chi connectivity index (χ1n) is 15.7. The molecule has 0 aliphatic carbocycles. The highest BCUT2D eigenvalue weighted by atomic mass is 16.6. The topological polar surface area (TPSA) is 108 Å². The van der Waals surface area contributed by atoms with E-state index in [1.54, 1.807) is 21.7 Å². The van der Waals surface area contributed by atoms with E-state index < -0.39 is 23.3 Å². The molecular weight excluding hydrogens is 570 g/mol. The molecule has 1 aromatic heterocycles. The van der Waals surface area contributed by atoms with E-state index in [9.17, 15) is 14.4 Å². The first-order valence-corrected chi connectivity index (χ1v) is 15.7. The van der Waals surface area contributed by atoms with Gasteiger partial charge in [0.05, 0.1) is 17.9 Å². The highest BCUT2D eigenvalue weighted by Crippen LogP contribution is 2.33. The van der Waals surface area contributed by atoms with Crippen LogP contribution in [0.2, 0.25) is 0 Å². The van der Waals surface area contributed by atoms with E-state index in [0.29, 0.717) is 19.5 Å². The number of nitrogens with zero attached hydrogens (tertiary/aromatic N) is 4. The van der Waals surface area contributed by atoms with Gasteiger partial charge in [0.25, 0.3) is 0 Å².